The van der Waals surface area contributed by atoms with Crippen LogP contribution in [0.3, 0.4) is 0 Å². The van der Waals surface area contributed by atoms with Crippen LogP contribution in [0.1, 0.15) is 289 Å². The fourth-order valence-corrected chi connectivity index (χ4v) is 8.00. The molecule has 0 unspecified atom stereocenters. The lowest BCUT2D eigenvalue weighted by molar-refractivity contribution is -0.137. The largest absolute Gasteiger partial charge is 0.462 e. The Labute approximate surface area is 348 Å². The number of hydrogen-bond acceptors (Lipinski definition) is 5. The first kappa shape index (κ1) is 52.2. The number of hydrogen-bond donors (Lipinski definition) is 0. The molecule has 1 aromatic heterocycles. The highest BCUT2D eigenvalue weighted by Gasteiger charge is 2.19. The van der Waals surface area contributed by atoms with Crippen LogP contribution >= 0.6 is 0 Å². The van der Waals surface area contributed by atoms with E-state index in [0.29, 0.717) is 18.6 Å². The summed E-state index contributed by atoms with van der Waals surface area (Å²) >= 11 is 0. The molecule has 0 aromatic carbocycles. The molecule has 0 aliphatic rings. The smallest absolute Gasteiger partial charge is 0.311 e. The Kier molecular flexibility index (Phi) is 38.6. The van der Waals surface area contributed by atoms with Crippen molar-refractivity contribution in [2.75, 3.05) is 0 Å². The molecule has 0 bridgehead atoms. The summed E-state index contributed by atoms with van der Waals surface area (Å²) in [6, 6.07) is 0. The van der Waals surface area contributed by atoms with E-state index in [2.05, 4.69) is 13.8 Å². The van der Waals surface area contributed by atoms with E-state index in [1.54, 1.807) is 6.92 Å². The van der Waals surface area contributed by atoms with E-state index in [-0.39, 0.29) is 23.4 Å². The molecule has 1 heterocycles. The summed E-state index contributed by atoms with van der Waals surface area (Å²) in [5.41, 5.74) is 0. The summed E-state index contributed by atoms with van der Waals surface area (Å²) < 4.78 is 16.6. The molecule has 0 saturated heterocycles. The number of rotatable bonds is 44. The molecule has 0 aliphatic carbocycles. The predicted octanol–water partition coefficient (Wildman–Crippen LogP) is 17.8. The minimum atomic E-state index is -0.292. The molecule has 5 nitrogen and oxygen atoms in total. The maximum atomic E-state index is 12.6. The van der Waals surface area contributed by atoms with E-state index in [4.69, 9.17) is 13.9 Å². The van der Waals surface area contributed by atoms with Crippen LogP contribution in [0.25, 0.3) is 0 Å². The molecule has 1 aromatic rings. The lowest BCUT2D eigenvalue weighted by Crippen LogP contribution is -2.11. The third-order valence-electron chi connectivity index (χ3n) is 11.8. The zero-order chi connectivity index (χ0) is 40.4. The van der Waals surface area contributed by atoms with Crippen LogP contribution in [0.15, 0.2) is 10.7 Å². The lowest BCUT2D eigenvalue weighted by Gasteiger charge is -2.07. The quantitative estimate of drug-likeness (QED) is 0.0487. The van der Waals surface area contributed by atoms with Crippen LogP contribution in [0.4, 0.5) is 0 Å². The third kappa shape index (κ3) is 34.3. The number of furan rings is 1. The van der Waals surface area contributed by atoms with Crippen molar-refractivity contribution in [3.8, 4) is 11.5 Å². The van der Waals surface area contributed by atoms with Crippen molar-refractivity contribution in [1.82, 2.24) is 0 Å². The molecule has 0 spiro atoms. The van der Waals surface area contributed by atoms with Crippen LogP contribution in [-0.4, -0.2) is 11.9 Å². The van der Waals surface area contributed by atoms with Crippen LogP contribution in [0, 0.1) is 6.92 Å². The van der Waals surface area contributed by atoms with Gasteiger partial charge in [0.25, 0.3) is 0 Å². The number of esters is 2. The lowest BCUT2D eigenvalue weighted by atomic mass is 10.0. The van der Waals surface area contributed by atoms with Gasteiger partial charge in [0.15, 0.2) is 0 Å². The van der Waals surface area contributed by atoms with Gasteiger partial charge in [-0.1, -0.05) is 258 Å². The van der Waals surface area contributed by atoms with E-state index in [9.17, 15) is 9.59 Å². The first-order chi connectivity index (χ1) is 27.6. The van der Waals surface area contributed by atoms with Gasteiger partial charge >= 0.3 is 11.9 Å². The van der Waals surface area contributed by atoms with E-state index >= 15 is 0 Å². The van der Waals surface area contributed by atoms with Crippen molar-refractivity contribution in [2.24, 2.45) is 0 Å². The topological polar surface area (TPSA) is 65.7 Å². The highest BCUT2D eigenvalue weighted by molar-refractivity contribution is 5.76. The summed E-state index contributed by atoms with van der Waals surface area (Å²) in [7, 11) is 0. The Balaban J connectivity index is 1.92. The van der Waals surface area contributed by atoms with Crippen LogP contribution in [0.2, 0.25) is 0 Å². The molecule has 0 atom stereocenters. The second-order valence-electron chi connectivity index (χ2n) is 17.4. The second-order valence-corrected chi connectivity index (χ2v) is 17.4. The van der Waals surface area contributed by atoms with Gasteiger partial charge in [0.2, 0.25) is 11.5 Å². The summed E-state index contributed by atoms with van der Waals surface area (Å²) in [4.78, 5) is 25.1. The van der Waals surface area contributed by atoms with E-state index in [0.717, 1.165) is 25.7 Å². The minimum Gasteiger partial charge on any atom is -0.462 e. The maximum Gasteiger partial charge on any atom is 0.311 e. The van der Waals surface area contributed by atoms with Crippen molar-refractivity contribution in [1.29, 1.82) is 0 Å². The fraction of sp³-hybridized carbons (Fsp3) is 0.882. The minimum absolute atomic E-state index is 0.220. The average molecular weight is 787 g/mol. The molecule has 0 radical (unpaired) electrons. The third-order valence-corrected chi connectivity index (χ3v) is 11.8. The molecule has 328 valence electrons. The highest BCUT2D eigenvalue weighted by atomic mass is 16.6. The van der Waals surface area contributed by atoms with Crippen LogP contribution in [0.5, 0.6) is 11.5 Å². The van der Waals surface area contributed by atoms with Crippen molar-refractivity contribution in [2.45, 2.75) is 290 Å². The Hall–Kier alpha value is -1.78. The Morgan fingerprint density at radius 2 is 0.607 bits per heavy atom. The average Bonchev–Trinajstić information content (AvgIpc) is 3.53. The van der Waals surface area contributed by atoms with Gasteiger partial charge in [-0.05, 0) is 19.8 Å². The molecule has 0 fully saturated rings. The molecule has 5 heteroatoms. The van der Waals surface area contributed by atoms with E-state index in [1.807, 2.05) is 0 Å². The molecule has 0 saturated carbocycles. The molecular formula is C51H94O5. The van der Waals surface area contributed by atoms with E-state index in [1.165, 1.54) is 237 Å². The van der Waals surface area contributed by atoms with Gasteiger partial charge in [-0.25, -0.2) is 0 Å². The standard InChI is InChI=1S/C51H94O5/c1-4-6-8-10-12-14-16-18-20-22-24-26-28-30-32-34-36-38-40-42-44-49(52)55-48-46-54-47(3)51(48)56-50(53)45-43-41-39-37-35-33-31-29-27-25-23-21-19-17-15-13-11-9-7-5-2/h46H,4-45H2,1-3H3. The highest BCUT2D eigenvalue weighted by Crippen LogP contribution is 2.34. The zero-order valence-electron chi connectivity index (χ0n) is 37.8. The number of unbranched alkanes of at least 4 members (excludes halogenated alkanes) is 38. The Morgan fingerprint density at radius 1 is 0.375 bits per heavy atom. The number of carbonyl (C=O) groups is 2. The SMILES string of the molecule is CCCCCCCCCCCCCCCCCCCCCCC(=O)Oc1coc(C)c1OC(=O)CCCCCCCCCCCCCCCCCCCCCC. The number of carbonyl (C=O) groups excluding carboxylic acids is 2. The predicted molar refractivity (Wildman–Crippen MR) is 240 cm³/mol. The molecule has 0 aliphatic heterocycles. The Morgan fingerprint density at radius 3 is 0.875 bits per heavy atom. The van der Waals surface area contributed by atoms with Gasteiger partial charge in [0.05, 0.1) is 0 Å². The van der Waals surface area contributed by atoms with Crippen molar-refractivity contribution < 1.29 is 23.5 Å². The molecule has 0 N–H and O–H groups in total. The molecule has 56 heavy (non-hydrogen) atoms. The Bertz CT molecular complexity index is 983. The molecule has 0 amide bonds. The summed E-state index contributed by atoms with van der Waals surface area (Å²) in [6.45, 7) is 6.31. The van der Waals surface area contributed by atoms with Crippen molar-refractivity contribution >= 4 is 11.9 Å². The molecule has 1 rings (SSSR count). The first-order valence-corrected chi connectivity index (χ1v) is 25.1. The van der Waals surface area contributed by atoms with Crippen molar-refractivity contribution in [3.05, 3.63) is 12.0 Å². The number of ether oxygens (including phenoxy) is 2. The van der Waals surface area contributed by atoms with Crippen LogP contribution < -0.4 is 9.47 Å². The first-order valence-electron chi connectivity index (χ1n) is 25.1. The normalized spacial score (nSPS) is 11.4. The fourth-order valence-electron chi connectivity index (χ4n) is 8.00. The van der Waals surface area contributed by atoms with Gasteiger partial charge in [0, 0.05) is 12.8 Å². The summed E-state index contributed by atoms with van der Waals surface area (Å²) in [5, 5.41) is 0. The van der Waals surface area contributed by atoms with Gasteiger partial charge in [-0.2, -0.15) is 0 Å². The second kappa shape index (κ2) is 41.4. The summed E-state index contributed by atoms with van der Waals surface area (Å²) in [5.74, 6) is 0.351. The van der Waals surface area contributed by atoms with Gasteiger partial charge in [-0.3, -0.25) is 9.59 Å². The van der Waals surface area contributed by atoms with Crippen molar-refractivity contribution in [3.63, 3.8) is 0 Å². The van der Waals surface area contributed by atoms with Gasteiger partial charge in [0.1, 0.15) is 12.0 Å². The molecular weight excluding hydrogens is 693 g/mol. The monoisotopic (exact) mass is 787 g/mol. The van der Waals surface area contributed by atoms with Gasteiger partial charge in [-0.15, -0.1) is 0 Å². The van der Waals surface area contributed by atoms with Gasteiger partial charge < -0.3 is 13.9 Å². The van der Waals surface area contributed by atoms with Crippen LogP contribution in [-0.2, 0) is 9.59 Å². The number of aryl methyl sites for hydroxylation is 1. The summed E-state index contributed by atoms with van der Waals surface area (Å²) in [6.07, 6.45) is 55.5. The maximum absolute atomic E-state index is 12.6. The zero-order valence-corrected chi connectivity index (χ0v) is 37.8. The van der Waals surface area contributed by atoms with E-state index < -0.39 is 0 Å².